The highest BCUT2D eigenvalue weighted by molar-refractivity contribution is 5.91. The molecular weight excluding hydrogens is 320 g/mol. The average molecular weight is 340 g/mol. The molecule has 0 aliphatic heterocycles. The van der Waals surface area contributed by atoms with Crippen molar-refractivity contribution in [2.24, 2.45) is 0 Å². The van der Waals surface area contributed by atoms with Gasteiger partial charge in [0.25, 0.3) is 0 Å². The molecule has 2 aromatic rings. The van der Waals surface area contributed by atoms with Crippen LogP contribution in [0.3, 0.4) is 0 Å². The van der Waals surface area contributed by atoms with Gasteiger partial charge in [0, 0.05) is 32.1 Å². The van der Waals surface area contributed by atoms with Crippen LogP contribution in [0.1, 0.15) is 11.1 Å². The van der Waals surface area contributed by atoms with Crippen molar-refractivity contribution in [1.29, 1.82) is 0 Å². The van der Waals surface area contributed by atoms with E-state index in [2.05, 4.69) is 9.72 Å². The van der Waals surface area contributed by atoms with Gasteiger partial charge in [0.1, 0.15) is 5.75 Å². The van der Waals surface area contributed by atoms with Gasteiger partial charge in [-0.05, 0) is 35.4 Å². The fourth-order valence-electron chi connectivity index (χ4n) is 2.01. The van der Waals surface area contributed by atoms with Gasteiger partial charge >= 0.3 is 5.97 Å². The minimum Gasteiger partial charge on any atom is -0.482 e. The number of carbonyl (C=O) groups excluding carboxylic acids is 2. The first-order valence-corrected chi connectivity index (χ1v) is 7.70. The Morgan fingerprint density at radius 3 is 2.60 bits per heavy atom. The predicted molar refractivity (Wildman–Crippen MR) is 93.7 cm³/mol. The van der Waals surface area contributed by atoms with Crippen LogP contribution in [0.2, 0.25) is 0 Å². The van der Waals surface area contributed by atoms with Crippen molar-refractivity contribution in [2.45, 2.75) is 6.54 Å². The summed E-state index contributed by atoms with van der Waals surface area (Å²) < 4.78 is 9.77. The van der Waals surface area contributed by atoms with Crippen molar-refractivity contribution >= 4 is 18.0 Å². The fraction of sp³-hybridized carbons (Fsp3) is 0.211. The van der Waals surface area contributed by atoms with Gasteiger partial charge in [0.2, 0.25) is 5.91 Å². The molecule has 6 nitrogen and oxygen atoms in total. The third-order valence-corrected chi connectivity index (χ3v) is 3.40. The van der Waals surface area contributed by atoms with Gasteiger partial charge in [-0.2, -0.15) is 0 Å². The van der Waals surface area contributed by atoms with Gasteiger partial charge in [-0.15, -0.1) is 0 Å². The lowest BCUT2D eigenvalue weighted by atomic mass is 10.2. The number of esters is 1. The minimum absolute atomic E-state index is 0.102. The largest absolute Gasteiger partial charge is 0.482 e. The summed E-state index contributed by atoms with van der Waals surface area (Å²) in [5.74, 6) is 0.0173. The molecule has 0 aliphatic carbocycles. The fourth-order valence-corrected chi connectivity index (χ4v) is 2.01. The second-order valence-corrected chi connectivity index (χ2v) is 5.32. The summed E-state index contributed by atoms with van der Waals surface area (Å²) in [5.41, 5.74) is 1.83. The zero-order valence-electron chi connectivity index (χ0n) is 14.2. The third kappa shape index (κ3) is 6.10. The van der Waals surface area contributed by atoms with Crippen LogP contribution < -0.4 is 4.74 Å². The van der Waals surface area contributed by atoms with Crippen molar-refractivity contribution in [3.63, 3.8) is 0 Å². The molecule has 1 heterocycles. The number of hydrogen-bond acceptors (Lipinski definition) is 5. The molecule has 0 saturated heterocycles. The molecule has 1 aromatic heterocycles. The number of aromatic nitrogens is 1. The maximum atomic E-state index is 12.1. The first kappa shape index (κ1) is 18.2. The number of carbonyl (C=O) groups is 2. The average Bonchev–Trinajstić information content (AvgIpc) is 2.65. The zero-order valence-corrected chi connectivity index (χ0v) is 14.2. The lowest BCUT2D eigenvalue weighted by Crippen LogP contribution is -2.24. The predicted octanol–water partition coefficient (Wildman–Crippen LogP) is 2.31. The summed E-state index contributed by atoms with van der Waals surface area (Å²) in [4.78, 5) is 28.8. The van der Waals surface area contributed by atoms with E-state index in [4.69, 9.17) is 4.74 Å². The first-order valence-electron chi connectivity index (χ1n) is 7.70. The number of benzene rings is 1. The second-order valence-electron chi connectivity index (χ2n) is 5.32. The lowest BCUT2D eigenvalue weighted by molar-refractivity contribution is -0.142. The van der Waals surface area contributed by atoms with Gasteiger partial charge in [-0.25, -0.2) is 4.79 Å². The van der Waals surface area contributed by atoms with Crippen LogP contribution in [0.4, 0.5) is 0 Å². The first-order chi connectivity index (χ1) is 12.1. The molecule has 0 radical (unpaired) electrons. The van der Waals surface area contributed by atoms with E-state index in [9.17, 15) is 9.59 Å². The molecule has 0 aliphatic rings. The Kier molecular flexibility index (Phi) is 6.71. The Morgan fingerprint density at radius 2 is 1.96 bits per heavy atom. The minimum atomic E-state index is -0.439. The van der Waals surface area contributed by atoms with E-state index >= 15 is 0 Å². The van der Waals surface area contributed by atoms with Crippen molar-refractivity contribution < 1.29 is 19.1 Å². The molecule has 0 spiro atoms. The number of pyridine rings is 1. The van der Waals surface area contributed by atoms with Crippen LogP contribution in [0.15, 0.2) is 54.9 Å². The van der Waals surface area contributed by atoms with E-state index in [-0.39, 0.29) is 12.5 Å². The van der Waals surface area contributed by atoms with E-state index in [1.165, 1.54) is 13.2 Å². The highest BCUT2D eigenvalue weighted by Gasteiger charge is 2.06. The highest BCUT2D eigenvalue weighted by Crippen LogP contribution is 2.13. The molecule has 130 valence electrons. The maximum Gasteiger partial charge on any atom is 0.343 e. The Morgan fingerprint density at radius 1 is 1.20 bits per heavy atom. The molecule has 2 rings (SSSR count). The van der Waals surface area contributed by atoms with Crippen LogP contribution in [-0.2, 0) is 20.9 Å². The number of likely N-dealkylation sites (N-methyl/N-ethyl adjacent to an activating group) is 1. The van der Waals surface area contributed by atoms with Crippen molar-refractivity contribution in [3.05, 3.63) is 66.0 Å². The molecule has 25 heavy (non-hydrogen) atoms. The summed E-state index contributed by atoms with van der Waals surface area (Å²) in [6.45, 7) is 0.362. The molecule has 6 heteroatoms. The van der Waals surface area contributed by atoms with Crippen molar-refractivity contribution in [2.75, 3.05) is 20.8 Å². The van der Waals surface area contributed by atoms with E-state index < -0.39 is 5.97 Å². The van der Waals surface area contributed by atoms with Crippen LogP contribution in [-0.4, -0.2) is 42.5 Å². The molecule has 0 bridgehead atoms. The maximum absolute atomic E-state index is 12.1. The topological polar surface area (TPSA) is 68.7 Å². The van der Waals surface area contributed by atoms with E-state index in [1.54, 1.807) is 54.7 Å². The molecular formula is C19H20N2O4. The number of ether oxygens (including phenoxy) is 2. The van der Waals surface area contributed by atoms with Gasteiger partial charge in [-0.1, -0.05) is 18.2 Å². The van der Waals surface area contributed by atoms with Crippen LogP contribution >= 0.6 is 0 Å². The van der Waals surface area contributed by atoms with Crippen molar-refractivity contribution in [1.82, 2.24) is 9.88 Å². The zero-order chi connectivity index (χ0) is 18.1. The standard InChI is InChI=1S/C19H20N2O4/c1-21(13-16-4-3-11-20-12-16)18(22)10-7-15-5-8-17(9-6-15)25-14-19(23)24-2/h3-12H,13-14H2,1-2H3. The van der Waals surface area contributed by atoms with Gasteiger partial charge in [0.15, 0.2) is 6.61 Å². The number of rotatable bonds is 7. The summed E-state index contributed by atoms with van der Waals surface area (Å²) in [6.07, 6.45) is 6.68. The van der Waals surface area contributed by atoms with Gasteiger partial charge < -0.3 is 14.4 Å². The third-order valence-electron chi connectivity index (χ3n) is 3.40. The smallest absolute Gasteiger partial charge is 0.343 e. The molecule has 1 aromatic carbocycles. The molecule has 0 fully saturated rings. The Labute approximate surface area is 146 Å². The number of methoxy groups -OCH3 is 1. The summed E-state index contributed by atoms with van der Waals surface area (Å²) in [7, 11) is 3.05. The van der Waals surface area contributed by atoms with Gasteiger partial charge in [0.05, 0.1) is 7.11 Å². The Bertz CT molecular complexity index is 727. The normalized spacial score (nSPS) is 10.5. The second kappa shape index (κ2) is 9.22. The van der Waals surface area contributed by atoms with Crippen LogP contribution in [0.5, 0.6) is 5.75 Å². The number of nitrogens with zero attached hydrogens (tertiary/aromatic N) is 2. The SMILES string of the molecule is COC(=O)COc1ccc(C=CC(=O)N(C)Cc2cccnc2)cc1. The quantitative estimate of drug-likeness (QED) is 0.571. The molecule has 1 amide bonds. The van der Waals surface area contributed by atoms with Crippen LogP contribution in [0.25, 0.3) is 6.08 Å². The van der Waals surface area contributed by atoms with Crippen molar-refractivity contribution in [3.8, 4) is 5.75 Å². The lowest BCUT2D eigenvalue weighted by Gasteiger charge is -2.14. The molecule has 0 saturated carbocycles. The summed E-state index contributed by atoms with van der Waals surface area (Å²) >= 11 is 0. The van der Waals surface area contributed by atoms with Gasteiger partial charge in [-0.3, -0.25) is 9.78 Å². The van der Waals surface area contributed by atoms with E-state index in [0.717, 1.165) is 11.1 Å². The Hall–Kier alpha value is -3.15. The summed E-state index contributed by atoms with van der Waals surface area (Å²) in [5, 5.41) is 0. The molecule has 0 N–H and O–H groups in total. The van der Waals surface area contributed by atoms with E-state index in [1.807, 2.05) is 12.1 Å². The number of hydrogen-bond donors (Lipinski definition) is 0. The van der Waals surface area contributed by atoms with Crippen LogP contribution in [0, 0.1) is 0 Å². The van der Waals surface area contributed by atoms with E-state index in [0.29, 0.717) is 12.3 Å². The number of amides is 1. The monoisotopic (exact) mass is 340 g/mol. The molecule has 0 atom stereocenters. The highest BCUT2D eigenvalue weighted by atomic mass is 16.6. The molecule has 0 unspecified atom stereocenters. The Balaban J connectivity index is 1.87. The summed E-state index contributed by atoms with van der Waals surface area (Å²) in [6, 6.07) is 10.8.